The summed E-state index contributed by atoms with van der Waals surface area (Å²) in [4.78, 5) is 11.5. The Bertz CT molecular complexity index is 596. The van der Waals surface area contributed by atoms with Gasteiger partial charge in [-0.15, -0.1) is 6.58 Å². The molecule has 0 aromatic heterocycles. The summed E-state index contributed by atoms with van der Waals surface area (Å²) in [5.74, 6) is -1.15. The van der Waals surface area contributed by atoms with Gasteiger partial charge in [0.2, 0.25) is 0 Å². The molecule has 0 amide bonds. The number of benzene rings is 1. The van der Waals surface area contributed by atoms with Gasteiger partial charge in [0.1, 0.15) is 12.2 Å². The fourth-order valence-electron chi connectivity index (χ4n) is 2.97. The lowest BCUT2D eigenvalue weighted by molar-refractivity contribution is -0.155. The van der Waals surface area contributed by atoms with Crippen molar-refractivity contribution in [3.05, 3.63) is 61.2 Å². The molecule has 26 heavy (non-hydrogen) atoms. The minimum atomic E-state index is -0.702. The van der Waals surface area contributed by atoms with E-state index in [1.165, 1.54) is 0 Å². The fourth-order valence-corrected chi connectivity index (χ4v) is 2.97. The lowest BCUT2D eigenvalue weighted by atomic mass is 10.0. The average Bonchev–Trinajstić information content (AvgIpc) is 2.89. The van der Waals surface area contributed by atoms with Gasteiger partial charge in [-0.2, -0.15) is 0 Å². The topological polar surface area (TPSA) is 54.0 Å². The van der Waals surface area contributed by atoms with Crippen LogP contribution in [0.2, 0.25) is 0 Å². The highest BCUT2D eigenvalue weighted by Crippen LogP contribution is 2.32. The number of hydrogen-bond acceptors (Lipinski definition) is 5. The van der Waals surface area contributed by atoms with Crippen LogP contribution in [0, 0.1) is 0 Å². The highest BCUT2D eigenvalue weighted by Gasteiger charge is 2.42. The van der Waals surface area contributed by atoms with Gasteiger partial charge in [-0.1, -0.05) is 43.0 Å². The molecule has 1 fully saturated rings. The average molecular weight is 360 g/mol. The van der Waals surface area contributed by atoms with Crippen LogP contribution < -0.4 is 0 Å². The molecule has 0 unspecified atom stereocenters. The first-order valence-corrected chi connectivity index (χ1v) is 8.84. The molecular formula is C21H28O5. The predicted molar refractivity (Wildman–Crippen MR) is 99.4 cm³/mol. The van der Waals surface area contributed by atoms with Crippen LogP contribution in [0.1, 0.15) is 32.3 Å². The first kappa shape index (κ1) is 20.4. The van der Waals surface area contributed by atoms with Crippen molar-refractivity contribution in [3.8, 4) is 0 Å². The molecule has 0 N–H and O–H groups in total. The molecule has 1 aliphatic heterocycles. The smallest absolute Gasteiger partial charge is 0.330 e. The van der Waals surface area contributed by atoms with Crippen molar-refractivity contribution in [1.29, 1.82) is 0 Å². The number of ether oxygens (including phenoxy) is 4. The van der Waals surface area contributed by atoms with Crippen molar-refractivity contribution in [3.63, 3.8) is 0 Å². The van der Waals surface area contributed by atoms with Gasteiger partial charge in [-0.3, -0.25) is 0 Å². The Morgan fingerprint density at radius 1 is 1.23 bits per heavy atom. The molecule has 0 saturated carbocycles. The summed E-state index contributed by atoms with van der Waals surface area (Å²) in [5, 5.41) is 0. The summed E-state index contributed by atoms with van der Waals surface area (Å²) < 4.78 is 23.2. The molecule has 5 nitrogen and oxygen atoms in total. The predicted octanol–water partition coefficient (Wildman–Crippen LogP) is 3.79. The quantitative estimate of drug-likeness (QED) is 0.361. The third kappa shape index (κ3) is 6.41. The van der Waals surface area contributed by atoms with E-state index in [9.17, 15) is 4.79 Å². The van der Waals surface area contributed by atoms with Crippen molar-refractivity contribution in [1.82, 2.24) is 0 Å². The van der Waals surface area contributed by atoms with Crippen LogP contribution >= 0.6 is 0 Å². The molecule has 1 heterocycles. The van der Waals surface area contributed by atoms with Crippen molar-refractivity contribution < 1.29 is 23.7 Å². The molecular weight excluding hydrogens is 332 g/mol. The molecule has 0 aliphatic carbocycles. The van der Waals surface area contributed by atoms with Crippen LogP contribution in [0.3, 0.4) is 0 Å². The molecule has 1 aromatic rings. The van der Waals surface area contributed by atoms with Gasteiger partial charge in [-0.25, -0.2) is 4.79 Å². The molecule has 142 valence electrons. The van der Waals surface area contributed by atoms with E-state index in [2.05, 4.69) is 13.2 Å². The van der Waals surface area contributed by atoms with Crippen LogP contribution in [-0.2, 0) is 30.3 Å². The zero-order chi connectivity index (χ0) is 19.0. The number of hydrogen-bond donors (Lipinski definition) is 0. The van der Waals surface area contributed by atoms with Gasteiger partial charge in [0.15, 0.2) is 5.79 Å². The Labute approximate surface area is 155 Å². The van der Waals surface area contributed by atoms with E-state index < -0.39 is 11.8 Å². The highest BCUT2D eigenvalue weighted by molar-refractivity contribution is 5.81. The Balaban J connectivity index is 1.93. The summed E-state index contributed by atoms with van der Waals surface area (Å²) >= 11 is 0. The van der Waals surface area contributed by atoms with Gasteiger partial charge in [0, 0.05) is 18.9 Å². The van der Waals surface area contributed by atoms with Crippen molar-refractivity contribution in [2.24, 2.45) is 0 Å². The standard InChI is InChI=1S/C21H28O5/c1-5-10-17(24-20(22)6-2)13-18-19(26-21(3,4)25-18)15-23-14-16-11-8-7-9-12-16/h5-9,11-12,17-19H,1-2,10,13-15H2,3-4H3/t17-,18-,19-/m0/s1. The lowest BCUT2D eigenvalue weighted by Crippen LogP contribution is -2.32. The molecule has 0 bridgehead atoms. The summed E-state index contributed by atoms with van der Waals surface area (Å²) in [6.07, 6.45) is 3.13. The first-order valence-electron chi connectivity index (χ1n) is 8.84. The summed E-state index contributed by atoms with van der Waals surface area (Å²) in [7, 11) is 0. The van der Waals surface area contributed by atoms with E-state index in [-0.39, 0.29) is 18.3 Å². The second-order valence-electron chi connectivity index (χ2n) is 6.74. The zero-order valence-electron chi connectivity index (χ0n) is 15.6. The van der Waals surface area contributed by atoms with E-state index in [1.807, 2.05) is 44.2 Å². The first-order chi connectivity index (χ1) is 12.4. The van der Waals surface area contributed by atoms with E-state index >= 15 is 0 Å². The second kappa shape index (κ2) is 9.67. The van der Waals surface area contributed by atoms with Gasteiger partial charge in [0.05, 0.1) is 19.3 Å². The van der Waals surface area contributed by atoms with Crippen molar-refractivity contribution in [2.75, 3.05) is 6.61 Å². The third-order valence-corrected chi connectivity index (χ3v) is 4.05. The monoisotopic (exact) mass is 360 g/mol. The lowest BCUT2D eigenvalue weighted by Gasteiger charge is -2.22. The van der Waals surface area contributed by atoms with Gasteiger partial charge in [0.25, 0.3) is 0 Å². The largest absolute Gasteiger partial charge is 0.459 e. The maximum atomic E-state index is 11.5. The van der Waals surface area contributed by atoms with Crippen LogP contribution in [0.25, 0.3) is 0 Å². The number of carbonyl (C=O) groups is 1. The Morgan fingerprint density at radius 2 is 1.92 bits per heavy atom. The Hall–Kier alpha value is -1.95. The number of carbonyl (C=O) groups excluding carboxylic acids is 1. The molecule has 0 spiro atoms. The van der Waals surface area contributed by atoms with E-state index in [0.717, 1.165) is 11.6 Å². The maximum Gasteiger partial charge on any atom is 0.330 e. The second-order valence-corrected chi connectivity index (χ2v) is 6.74. The van der Waals surface area contributed by atoms with Crippen LogP contribution in [0.5, 0.6) is 0 Å². The van der Waals surface area contributed by atoms with E-state index in [1.54, 1.807) is 6.08 Å². The summed E-state index contributed by atoms with van der Waals surface area (Å²) in [6, 6.07) is 9.96. The maximum absolute atomic E-state index is 11.5. The van der Waals surface area contributed by atoms with E-state index in [4.69, 9.17) is 18.9 Å². The van der Waals surface area contributed by atoms with Crippen molar-refractivity contribution >= 4 is 5.97 Å². The summed E-state index contributed by atoms with van der Waals surface area (Å²) in [5.41, 5.74) is 1.10. The van der Waals surface area contributed by atoms with Crippen LogP contribution in [0.15, 0.2) is 55.6 Å². The Kier molecular flexibility index (Phi) is 7.57. The van der Waals surface area contributed by atoms with Gasteiger partial charge in [-0.05, 0) is 19.4 Å². The van der Waals surface area contributed by atoms with Crippen LogP contribution in [0.4, 0.5) is 0 Å². The minimum absolute atomic E-state index is 0.233. The summed E-state index contributed by atoms with van der Waals surface area (Å²) in [6.45, 7) is 11.8. The third-order valence-electron chi connectivity index (χ3n) is 4.05. The van der Waals surface area contributed by atoms with Gasteiger partial charge >= 0.3 is 5.97 Å². The number of rotatable bonds is 10. The molecule has 2 rings (SSSR count). The van der Waals surface area contributed by atoms with Crippen molar-refractivity contribution in [2.45, 2.75) is 57.4 Å². The molecule has 5 heteroatoms. The normalized spacial score (nSPS) is 22.5. The molecule has 0 radical (unpaired) electrons. The van der Waals surface area contributed by atoms with Gasteiger partial charge < -0.3 is 18.9 Å². The molecule has 3 atom stereocenters. The molecule has 1 aliphatic rings. The van der Waals surface area contributed by atoms with Crippen LogP contribution in [-0.4, -0.2) is 36.7 Å². The minimum Gasteiger partial charge on any atom is -0.459 e. The molecule has 1 saturated heterocycles. The number of esters is 1. The zero-order valence-corrected chi connectivity index (χ0v) is 15.6. The highest BCUT2D eigenvalue weighted by atomic mass is 16.8. The molecule has 1 aromatic carbocycles. The fraction of sp³-hybridized carbons (Fsp3) is 0.476. The van der Waals surface area contributed by atoms with E-state index in [0.29, 0.717) is 26.1 Å². The Morgan fingerprint density at radius 3 is 2.58 bits per heavy atom. The SMILES string of the molecule is C=CC[C@@H](C[C@@H]1OC(C)(C)O[C@H]1COCc1ccccc1)OC(=O)C=C.